The fourth-order valence-corrected chi connectivity index (χ4v) is 2.00. The van der Waals surface area contributed by atoms with Gasteiger partial charge in [-0.25, -0.2) is 4.98 Å². The number of rotatable bonds is 5. The number of aromatic nitrogens is 2. The van der Waals surface area contributed by atoms with Crippen LogP contribution in [0.25, 0.3) is 11.0 Å². The highest BCUT2D eigenvalue weighted by molar-refractivity contribution is 5.75. The van der Waals surface area contributed by atoms with Crippen molar-refractivity contribution in [2.45, 2.75) is 25.7 Å². The molecule has 0 bridgehead atoms. The average molecular weight is 242 g/mol. The summed E-state index contributed by atoms with van der Waals surface area (Å²) < 4.78 is 0. The van der Waals surface area contributed by atoms with Crippen LogP contribution in [0.5, 0.6) is 0 Å². The molecular weight excluding hydrogens is 224 g/mol. The van der Waals surface area contributed by atoms with Crippen LogP contribution in [0.2, 0.25) is 0 Å². The van der Waals surface area contributed by atoms with Gasteiger partial charge in [0, 0.05) is 24.9 Å². The van der Waals surface area contributed by atoms with Crippen LogP contribution in [-0.4, -0.2) is 23.1 Å². The number of H-pyrrole nitrogens is 1. The normalized spacial score (nSPS) is 11.6. The summed E-state index contributed by atoms with van der Waals surface area (Å²) in [6.07, 6.45) is 2.27. The van der Waals surface area contributed by atoms with Gasteiger partial charge in [0.15, 0.2) is 0 Å². The number of fused-ring (bicyclic) bond motifs is 1. The molecule has 0 saturated carbocycles. The fourth-order valence-electron chi connectivity index (χ4n) is 2.00. The predicted molar refractivity (Wildman–Crippen MR) is 72.2 cm³/mol. The number of aromatic amines is 1. The molecular formula is C14H18N4. The maximum atomic E-state index is 8.51. The van der Waals surface area contributed by atoms with E-state index >= 15 is 0 Å². The van der Waals surface area contributed by atoms with E-state index in [0.29, 0.717) is 6.42 Å². The number of nitrogens with one attached hydrogen (secondary N) is 2. The first-order valence-corrected chi connectivity index (χ1v) is 6.15. The lowest BCUT2D eigenvalue weighted by molar-refractivity contribution is 0.473. The quantitative estimate of drug-likeness (QED) is 0.791. The van der Waals surface area contributed by atoms with Crippen molar-refractivity contribution in [2.24, 2.45) is 0 Å². The lowest BCUT2D eigenvalue weighted by atomic mass is 9.84. The van der Waals surface area contributed by atoms with E-state index in [1.165, 1.54) is 5.56 Å². The van der Waals surface area contributed by atoms with Crippen LogP contribution in [0.1, 0.15) is 25.8 Å². The van der Waals surface area contributed by atoms with Crippen molar-refractivity contribution in [1.29, 1.82) is 5.26 Å². The number of imidazole rings is 1. The second kappa shape index (κ2) is 5.19. The minimum atomic E-state index is 0.0365. The lowest BCUT2D eigenvalue weighted by Crippen LogP contribution is -2.33. The van der Waals surface area contributed by atoms with Gasteiger partial charge in [-0.15, -0.1) is 0 Å². The molecule has 2 aromatic rings. The number of benzene rings is 1. The molecule has 1 aromatic heterocycles. The van der Waals surface area contributed by atoms with Crippen molar-refractivity contribution in [3.63, 3.8) is 0 Å². The third kappa shape index (κ3) is 2.69. The second-order valence-electron chi connectivity index (χ2n) is 5.10. The summed E-state index contributed by atoms with van der Waals surface area (Å²) in [5, 5.41) is 11.8. The maximum Gasteiger partial charge on any atom is 0.0931 e. The molecule has 4 heteroatoms. The highest BCUT2D eigenvalue weighted by Gasteiger charge is 2.20. The highest BCUT2D eigenvalue weighted by Crippen LogP contribution is 2.24. The molecule has 4 nitrogen and oxygen atoms in total. The van der Waals surface area contributed by atoms with Gasteiger partial charge in [-0.1, -0.05) is 19.9 Å². The van der Waals surface area contributed by atoms with Crippen molar-refractivity contribution in [3.8, 4) is 6.07 Å². The van der Waals surface area contributed by atoms with E-state index in [4.69, 9.17) is 5.26 Å². The summed E-state index contributed by atoms with van der Waals surface area (Å²) >= 11 is 0. The molecule has 18 heavy (non-hydrogen) atoms. The minimum absolute atomic E-state index is 0.0365. The van der Waals surface area contributed by atoms with E-state index in [1.807, 2.05) is 6.07 Å². The molecule has 0 saturated heterocycles. The summed E-state index contributed by atoms with van der Waals surface area (Å²) in [7, 11) is 0. The molecule has 1 heterocycles. The van der Waals surface area contributed by atoms with Crippen LogP contribution in [0.15, 0.2) is 24.5 Å². The molecule has 0 atom stereocenters. The Bertz CT molecular complexity index is 562. The van der Waals surface area contributed by atoms with Crippen LogP contribution < -0.4 is 5.32 Å². The van der Waals surface area contributed by atoms with E-state index in [9.17, 15) is 0 Å². The van der Waals surface area contributed by atoms with Gasteiger partial charge >= 0.3 is 0 Å². The van der Waals surface area contributed by atoms with E-state index in [-0.39, 0.29) is 5.41 Å². The minimum Gasteiger partial charge on any atom is -0.345 e. The number of hydrogen-bond donors (Lipinski definition) is 2. The topological polar surface area (TPSA) is 64.5 Å². The fraction of sp³-hybridized carbons (Fsp3) is 0.429. The first-order chi connectivity index (χ1) is 8.63. The monoisotopic (exact) mass is 242 g/mol. The summed E-state index contributed by atoms with van der Waals surface area (Å²) in [6, 6.07) is 8.45. The van der Waals surface area contributed by atoms with Crippen molar-refractivity contribution >= 4 is 11.0 Å². The van der Waals surface area contributed by atoms with Crippen molar-refractivity contribution in [3.05, 3.63) is 30.1 Å². The third-order valence-electron chi connectivity index (χ3n) is 3.18. The summed E-state index contributed by atoms with van der Waals surface area (Å²) in [6.45, 7) is 5.99. The van der Waals surface area contributed by atoms with Gasteiger partial charge < -0.3 is 10.3 Å². The summed E-state index contributed by atoms with van der Waals surface area (Å²) in [4.78, 5) is 7.36. The van der Waals surface area contributed by atoms with E-state index < -0.39 is 0 Å². The first kappa shape index (κ1) is 12.6. The lowest BCUT2D eigenvalue weighted by Gasteiger charge is -2.25. The molecule has 0 spiro atoms. The van der Waals surface area contributed by atoms with Gasteiger partial charge in [0.05, 0.1) is 23.4 Å². The number of nitriles is 1. The molecule has 0 radical (unpaired) electrons. The Hall–Kier alpha value is -1.86. The standard InChI is InChI=1S/C14H18N4/c1-14(2,9-16-7-3-6-15)11-4-5-12-13(8-11)18-10-17-12/h4-5,8,10,16H,3,7,9H2,1-2H3,(H,17,18). The van der Waals surface area contributed by atoms with Crippen molar-refractivity contribution < 1.29 is 0 Å². The van der Waals surface area contributed by atoms with Gasteiger partial charge in [0.2, 0.25) is 0 Å². The number of nitrogens with zero attached hydrogens (tertiary/aromatic N) is 2. The van der Waals surface area contributed by atoms with E-state index in [1.54, 1.807) is 6.33 Å². The van der Waals surface area contributed by atoms with Crippen LogP contribution in [0.4, 0.5) is 0 Å². The Morgan fingerprint density at radius 1 is 1.44 bits per heavy atom. The van der Waals surface area contributed by atoms with Gasteiger partial charge in [-0.2, -0.15) is 5.26 Å². The van der Waals surface area contributed by atoms with Crippen LogP contribution in [-0.2, 0) is 5.41 Å². The third-order valence-corrected chi connectivity index (χ3v) is 3.18. The van der Waals surface area contributed by atoms with Crippen LogP contribution in [0, 0.1) is 11.3 Å². The number of hydrogen-bond acceptors (Lipinski definition) is 3. The molecule has 0 fully saturated rings. The largest absolute Gasteiger partial charge is 0.345 e. The summed E-state index contributed by atoms with van der Waals surface area (Å²) in [5.74, 6) is 0. The molecule has 2 rings (SSSR count). The Labute approximate surface area is 107 Å². The molecule has 1 aromatic carbocycles. The summed E-state index contributed by atoms with van der Waals surface area (Å²) in [5.41, 5.74) is 3.36. The molecule has 2 N–H and O–H groups in total. The predicted octanol–water partition coefficient (Wildman–Crippen LogP) is 2.34. The second-order valence-corrected chi connectivity index (χ2v) is 5.10. The molecule has 94 valence electrons. The van der Waals surface area contributed by atoms with Crippen molar-refractivity contribution in [1.82, 2.24) is 15.3 Å². The van der Waals surface area contributed by atoms with E-state index in [2.05, 4.69) is 47.3 Å². The zero-order chi connectivity index (χ0) is 13.0. The molecule has 0 aliphatic rings. The van der Waals surface area contributed by atoms with E-state index in [0.717, 1.165) is 24.1 Å². The molecule has 0 unspecified atom stereocenters. The first-order valence-electron chi connectivity index (χ1n) is 6.15. The Balaban J connectivity index is 2.10. The van der Waals surface area contributed by atoms with Gasteiger partial charge in [0.25, 0.3) is 0 Å². The maximum absolute atomic E-state index is 8.51. The van der Waals surface area contributed by atoms with Gasteiger partial charge in [-0.05, 0) is 17.7 Å². The zero-order valence-electron chi connectivity index (χ0n) is 10.8. The Morgan fingerprint density at radius 3 is 3.06 bits per heavy atom. The zero-order valence-corrected chi connectivity index (χ0v) is 10.8. The Morgan fingerprint density at radius 2 is 2.28 bits per heavy atom. The molecule has 0 aliphatic carbocycles. The smallest absolute Gasteiger partial charge is 0.0931 e. The highest BCUT2D eigenvalue weighted by atomic mass is 14.9. The Kier molecular flexibility index (Phi) is 3.63. The average Bonchev–Trinajstić information content (AvgIpc) is 2.82. The van der Waals surface area contributed by atoms with Gasteiger partial charge in [-0.3, -0.25) is 0 Å². The van der Waals surface area contributed by atoms with Crippen LogP contribution >= 0.6 is 0 Å². The van der Waals surface area contributed by atoms with Crippen LogP contribution in [0.3, 0.4) is 0 Å². The molecule has 0 amide bonds. The van der Waals surface area contributed by atoms with Gasteiger partial charge in [0.1, 0.15) is 0 Å². The van der Waals surface area contributed by atoms with Crippen molar-refractivity contribution in [2.75, 3.05) is 13.1 Å². The SMILES string of the molecule is CC(C)(CNCCC#N)c1ccc2nc[nH]c2c1. The molecule has 0 aliphatic heterocycles.